The SMILES string of the molecule is CCN(Cc1cc(C(C)=O)ccc1OC)C1CCCNC1. The molecular weight excluding hydrogens is 264 g/mol. The van der Waals surface area contributed by atoms with Gasteiger partial charge < -0.3 is 10.1 Å². The van der Waals surface area contributed by atoms with Crippen molar-refractivity contribution in [1.82, 2.24) is 10.2 Å². The van der Waals surface area contributed by atoms with Gasteiger partial charge in [0.05, 0.1) is 7.11 Å². The summed E-state index contributed by atoms with van der Waals surface area (Å²) in [5, 5.41) is 3.47. The number of likely N-dealkylation sites (N-methyl/N-ethyl adjacent to an activating group) is 1. The van der Waals surface area contributed by atoms with Gasteiger partial charge in [-0.05, 0) is 51.1 Å². The number of carbonyl (C=O) groups excluding carboxylic acids is 1. The summed E-state index contributed by atoms with van der Waals surface area (Å²) >= 11 is 0. The quantitative estimate of drug-likeness (QED) is 0.817. The number of ketones is 1. The summed E-state index contributed by atoms with van der Waals surface area (Å²) < 4.78 is 5.46. The third kappa shape index (κ3) is 4.05. The maximum atomic E-state index is 11.6. The maximum Gasteiger partial charge on any atom is 0.159 e. The van der Waals surface area contributed by atoms with Crippen molar-refractivity contribution in [2.75, 3.05) is 26.7 Å². The Morgan fingerprint density at radius 3 is 2.86 bits per heavy atom. The number of hydrogen-bond acceptors (Lipinski definition) is 4. The van der Waals surface area contributed by atoms with Gasteiger partial charge in [0.15, 0.2) is 5.78 Å². The third-order valence-corrected chi connectivity index (χ3v) is 4.25. The molecule has 4 heteroatoms. The van der Waals surface area contributed by atoms with E-state index in [4.69, 9.17) is 4.74 Å². The topological polar surface area (TPSA) is 41.6 Å². The van der Waals surface area contributed by atoms with Crippen LogP contribution >= 0.6 is 0 Å². The first-order chi connectivity index (χ1) is 10.2. The molecule has 1 saturated heterocycles. The second-order valence-electron chi connectivity index (χ2n) is 5.65. The number of carbonyl (C=O) groups is 1. The fourth-order valence-electron chi connectivity index (χ4n) is 2.98. The minimum absolute atomic E-state index is 0.0984. The van der Waals surface area contributed by atoms with E-state index < -0.39 is 0 Å². The largest absolute Gasteiger partial charge is 0.496 e. The van der Waals surface area contributed by atoms with Crippen LogP contribution in [0.3, 0.4) is 0 Å². The van der Waals surface area contributed by atoms with E-state index in [-0.39, 0.29) is 5.78 Å². The van der Waals surface area contributed by atoms with Crippen molar-refractivity contribution in [2.45, 2.75) is 39.3 Å². The van der Waals surface area contributed by atoms with E-state index in [0.29, 0.717) is 6.04 Å². The number of Topliss-reactive ketones (excluding diaryl/α,β-unsaturated/α-hetero) is 1. The zero-order valence-corrected chi connectivity index (χ0v) is 13.3. The minimum atomic E-state index is 0.0984. The lowest BCUT2D eigenvalue weighted by atomic mass is 10.0. The Labute approximate surface area is 127 Å². The number of methoxy groups -OCH3 is 1. The highest BCUT2D eigenvalue weighted by Crippen LogP contribution is 2.24. The minimum Gasteiger partial charge on any atom is -0.496 e. The third-order valence-electron chi connectivity index (χ3n) is 4.25. The highest BCUT2D eigenvalue weighted by atomic mass is 16.5. The standard InChI is InChI=1S/C17H26N2O2/c1-4-19(16-6-5-9-18-11-16)12-15-10-14(13(2)20)7-8-17(15)21-3/h7-8,10,16,18H,4-6,9,11-12H2,1-3H3. The van der Waals surface area contributed by atoms with Crippen molar-refractivity contribution >= 4 is 5.78 Å². The molecule has 1 aliphatic heterocycles. The van der Waals surface area contributed by atoms with E-state index in [1.54, 1.807) is 14.0 Å². The van der Waals surface area contributed by atoms with Crippen LogP contribution < -0.4 is 10.1 Å². The molecule has 1 fully saturated rings. The highest BCUT2D eigenvalue weighted by Gasteiger charge is 2.21. The lowest BCUT2D eigenvalue weighted by molar-refractivity contribution is 0.101. The molecule has 0 aliphatic carbocycles. The van der Waals surface area contributed by atoms with Crippen molar-refractivity contribution in [2.24, 2.45) is 0 Å². The van der Waals surface area contributed by atoms with Crippen LogP contribution in [0, 0.1) is 0 Å². The Morgan fingerprint density at radius 2 is 2.29 bits per heavy atom. The van der Waals surface area contributed by atoms with Crippen LogP contribution in [0.2, 0.25) is 0 Å². The number of rotatable bonds is 6. The van der Waals surface area contributed by atoms with Crippen LogP contribution in [-0.2, 0) is 6.54 Å². The van der Waals surface area contributed by atoms with E-state index in [2.05, 4.69) is 17.1 Å². The molecule has 1 unspecified atom stereocenters. The Hall–Kier alpha value is -1.39. The fourth-order valence-corrected chi connectivity index (χ4v) is 2.98. The molecule has 21 heavy (non-hydrogen) atoms. The van der Waals surface area contributed by atoms with E-state index >= 15 is 0 Å². The van der Waals surface area contributed by atoms with Gasteiger partial charge in [-0.15, -0.1) is 0 Å². The molecule has 116 valence electrons. The molecule has 1 atom stereocenters. The van der Waals surface area contributed by atoms with Crippen LogP contribution in [0.25, 0.3) is 0 Å². The van der Waals surface area contributed by atoms with Crippen molar-refractivity contribution in [3.63, 3.8) is 0 Å². The van der Waals surface area contributed by atoms with E-state index in [1.807, 2.05) is 18.2 Å². The first-order valence-electron chi connectivity index (χ1n) is 7.78. The molecule has 1 aliphatic rings. The molecule has 1 aromatic rings. The summed E-state index contributed by atoms with van der Waals surface area (Å²) in [5.41, 5.74) is 1.85. The first kappa shape index (κ1) is 16.0. The van der Waals surface area contributed by atoms with E-state index in [0.717, 1.165) is 43.1 Å². The van der Waals surface area contributed by atoms with Crippen LogP contribution in [0.1, 0.15) is 42.6 Å². The van der Waals surface area contributed by atoms with Crippen LogP contribution in [0.4, 0.5) is 0 Å². The van der Waals surface area contributed by atoms with Gasteiger partial charge in [0.1, 0.15) is 5.75 Å². The van der Waals surface area contributed by atoms with Crippen LogP contribution in [0.5, 0.6) is 5.75 Å². The van der Waals surface area contributed by atoms with Crippen molar-refractivity contribution in [3.05, 3.63) is 29.3 Å². The van der Waals surface area contributed by atoms with Gasteiger partial charge in [-0.3, -0.25) is 9.69 Å². The summed E-state index contributed by atoms with van der Waals surface area (Å²) in [4.78, 5) is 14.1. The number of hydrogen-bond donors (Lipinski definition) is 1. The summed E-state index contributed by atoms with van der Waals surface area (Å²) in [7, 11) is 1.69. The zero-order chi connectivity index (χ0) is 15.2. The van der Waals surface area contributed by atoms with Gasteiger partial charge in [-0.1, -0.05) is 6.92 Å². The van der Waals surface area contributed by atoms with Gasteiger partial charge >= 0.3 is 0 Å². The van der Waals surface area contributed by atoms with Gasteiger partial charge in [-0.2, -0.15) is 0 Å². The zero-order valence-electron chi connectivity index (χ0n) is 13.3. The lowest BCUT2D eigenvalue weighted by Crippen LogP contribution is -2.45. The van der Waals surface area contributed by atoms with E-state index in [1.165, 1.54) is 12.8 Å². The maximum absolute atomic E-state index is 11.6. The van der Waals surface area contributed by atoms with Gasteiger partial charge in [-0.25, -0.2) is 0 Å². The number of nitrogens with zero attached hydrogens (tertiary/aromatic N) is 1. The number of benzene rings is 1. The van der Waals surface area contributed by atoms with E-state index in [9.17, 15) is 4.79 Å². The molecule has 1 heterocycles. The predicted octanol–water partition coefficient (Wildman–Crippen LogP) is 2.47. The molecule has 0 spiro atoms. The molecule has 1 N–H and O–H groups in total. The average molecular weight is 290 g/mol. The van der Waals surface area contributed by atoms with Crippen molar-refractivity contribution in [3.8, 4) is 5.75 Å². The van der Waals surface area contributed by atoms with Crippen molar-refractivity contribution < 1.29 is 9.53 Å². The van der Waals surface area contributed by atoms with Gasteiger partial charge in [0, 0.05) is 30.3 Å². The molecule has 0 saturated carbocycles. The molecule has 1 aromatic carbocycles. The molecule has 0 aromatic heterocycles. The molecule has 0 radical (unpaired) electrons. The summed E-state index contributed by atoms with van der Waals surface area (Å²) in [6.45, 7) is 7.79. The smallest absolute Gasteiger partial charge is 0.159 e. The Morgan fingerprint density at radius 1 is 1.48 bits per heavy atom. The summed E-state index contributed by atoms with van der Waals surface area (Å²) in [6.07, 6.45) is 2.46. The predicted molar refractivity (Wildman–Crippen MR) is 85.0 cm³/mol. The Bertz CT molecular complexity index is 482. The van der Waals surface area contributed by atoms with Gasteiger partial charge in [0.2, 0.25) is 0 Å². The normalized spacial score (nSPS) is 18.8. The number of piperidine rings is 1. The first-order valence-corrected chi connectivity index (χ1v) is 7.78. The van der Waals surface area contributed by atoms with Crippen LogP contribution in [0.15, 0.2) is 18.2 Å². The molecule has 0 bridgehead atoms. The van der Waals surface area contributed by atoms with Gasteiger partial charge in [0.25, 0.3) is 0 Å². The van der Waals surface area contributed by atoms with Crippen molar-refractivity contribution in [1.29, 1.82) is 0 Å². The molecule has 2 rings (SSSR count). The molecule has 0 amide bonds. The highest BCUT2D eigenvalue weighted by molar-refractivity contribution is 5.94. The fraction of sp³-hybridized carbons (Fsp3) is 0.588. The second kappa shape index (κ2) is 7.57. The number of ether oxygens (including phenoxy) is 1. The average Bonchev–Trinajstić information content (AvgIpc) is 2.53. The monoisotopic (exact) mass is 290 g/mol. The van der Waals surface area contributed by atoms with Crippen LogP contribution in [-0.4, -0.2) is 43.5 Å². The number of nitrogens with one attached hydrogen (secondary N) is 1. The second-order valence-corrected chi connectivity index (χ2v) is 5.65. The summed E-state index contributed by atoms with van der Waals surface area (Å²) in [5.74, 6) is 0.962. The Balaban J connectivity index is 2.18. The Kier molecular flexibility index (Phi) is 5.76. The molecule has 4 nitrogen and oxygen atoms in total. The summed E-state index contributed by atoms with van der Waals surface area (Å²) in [6, 6.07) is 6.27. The molecular formula is C17H26N2O2. The lowest BCUT2D eigenvalue weighted by Gasteiger charge is -2.34.